The number of carbonyl (C=O) groups is 1. The van der Waals surface area contributed by atoms with Crippen molar-refractivity contribution >= 4 is 28.2 Å². The molecule has 3 heterocycles. The van der Waals surface area contributed by atoms with E-state index in [-0.39, 0.29) is 11.8 Å². The molecule has 8 heteroatoms. The molecular weight excluding hydrogens is 312 g/mol. The van der Waals surface area contributed by atoms with Crippen LogP contribution < -0.4 is 10.2 Å². The van der Waals surface area contributed by atoms with Crippen molar-refractivity contribution in [3.8, 4) is 0 Å². The van der Waals surface area contributed by atoms with Crippen LogP contribution in [0.25, 0.3) is 0 Å². The Morgan fingerprint density at radius 2 is 2.09 bits per heavy atom. The molecule has 0 spiro atoms. The molecule has 1 amide bonds. The summed E-state index contributed by atoms with van der Waals surface area (Å²) in [6.07, 6.45) is 6.72. The van der Waals surface area contributed by atoms with Gasteiger partial charge in [0.15, 0.2) is 0 Å². The first-order valence-corrected chi connectivity index (χ1v) is 8.60. The predicted octanol–water partition coefficient (Wildman–Crippen LogP) is 2.31. The molecule has 2 aromatic rings. The summed E-state index contributed by atoms with van der Waals surface area (Å²) in [5.74, 6) is 1.25. The van der Waals surface area contributed by atoms with Gasteiger partial charge in [0.1, 0.15) is 10.8 Å². The number of hydrogen-bond donors (Lipinski definition) is 1. The Morgan fingerprint density at radius 1 is 1.30 bits per heavy atom. The summed E-state index contributed by atoms with van der Waals surface area (Å²) in [5, 5.41) is 12.6. The SMILES string of the molecule is CC(C)c1nnc(NC(=O)C2CCN(c3cnccn3)CC2)s1. The van der Waals surface area contributed by atoms with Crippen LogP contribution in [0.5, 0.6) is 0 Å². The average molecular weight is 332 g/mol. The zero-order valence-electron chi connectivity index (χ0n) is 13.3. The van der Waals surface area contributed by atoms with E-state index in [2.05, 4.69) is 44.2 Å². The molecule has 2 aromatic heterocycles. The lowest BCUT2D eigenvalue weighted by Crippen LogP contribution is -2.38. The Hall–Kier alpha value is -2.09. The molecule has 1 fully saturated rings. The first kappa shape index (κ1) is 15.8. The van der Waals surface area contributed by atoms with Crippen molar-refractivity contribution in [1.29, 1.82) is 0 Å². The number of nitrogens with one attached hydrogen (secondary N) is 1. The van der Waals surface area contributed by atoms with Gasteiger partial charge in [0, 0.05) is 37.3 Å². The van der Waals surface area contributed by atoms with Crippen LogP contribution in [0.3, 0.4) is 0 Å². The van der Waals surface area contributed by atoms with Crippen LogP contribution in [-0.2, 0) is 4.79 Å². The quantitative estimate of drug-likeness (QED) is 0.925. The van der Waals surface area contributed by atoms with Gasteiger partial charge in [-0.1, -0.05) is 25.2 Å². The van der Waals surface area contributed by atoms with Crippen molar-refractivity contribution < 1.29 is 4.79 Å². The summed E-state index contributed by atoms with van der Waals surface area (Å²) in [6.45, 7) is 5.75. The molecule has 0 aromatic carbocycles. The summed E-state index contributed by atoms with van der Waals surface area (Å²) >= 11 is 1.45. The van der Waals surface area contributed by atoms with Gasteiger partial charge < -0.3 is 10.2 Å². The molecule has 0 radical (unpaired) electrons. The van der Waals surface area contributed by atoms with E-state index in [0.717, 1.165) is 36.8 Å². The fourth-order valence-corrected chi connectivity index (χ4v) is 3.30. The Bertz CT molecular complexity index is 651. The summed E-state index contributed by atoms with van der Waals surface area (Å²) in [4.78, 5) is 22.9. The Labute approximate surface area is 139 Å². The monoisotopic (exact) mass is 332 g/mol. The summed E-state index contributed by atoms with van der Waals surface area (Å²) in [7, 11) is 0. The van der Waals surface area contributed by atoms with E-state index in [1.54, 1.807) is 18.6 Å². The number of carbonyl (C=O) groups excluding carboxylic acids is 1. The predicted molar refractivity (Wildman–Crippen MR) is 89.6 cm³/mol. The minimum Gasteiger partial charge on any atom is -0.355 e. The van der Waals surface area contributed by atoms with Gasteiger partial charge in [-0.3, -0.25) is 9.78 Å². The largest absolute Gasteiger partial charge is 0.355 e. The van der Waals surface area contributed by atoms with Gasteiger partial charge >= 0.3 is 0 Å². The zero-order chi connectivity index (χ0) is 16.2. The second-order valence-electron chi connectivity index (χ2n) is 5.91. The van der Waals surface area contributed by atoms with Crippen LogP contribution in [-0.4, -0.2) is 39.2 Å². The number of rotatable bonds is 4. The Balaban J connectivity index is 1.53. The van der Waals surface area contributed by atoms with Crippen LogP contribution in [0, 0.1) is 5.92 Å². The highest BCUT2D eigenvalue weighted by atomic mass is 32.1. The molecule has 0 atom stereocenters. The average Bonchev–Trinajstić information content (AvgIpc) is 3.04. The van der Waals surface area contributed by atoms with Crippen LogP contribution in [0.1, 0.15) is 37.6 Å². The molecule has 1 N–H and O–H groups in total. The lowest BCUT2D eigenvalue weighted by atomic mass is 9.96. The molecule has 0 saturated carbocycles. The second kappa shape index (κ2) is 6.99. The lowest BCUT2D eigenvalue weighted by molar-refractivity contribution is -0.120. The standard InChI is InChI=1S/C15H20N6OS/c1-10(2)14-19-20-15(23-14)18-13(22)11-3-7-21(8-4-11)12-9-16-5-6-17-12/h5-6,9-11H,3-4,7-8H2,1-2H3,(H,18,20,22). The molecule has 122 valence electrons. The normalized spacial score (nSPS) is 15.9. The smallest absolute Gasteiger partial charge is 0.229 e. The van der Waals surface area contributed by atoms with E-state index in [1.807, 2.05) is 0 Å². The maximum Gasteiger partial charge on any atom is 0.229 e. The van der Waals surface area contributed by atoms with Crippen molar-refractivity contribution in [2.45, 2.75) is 32.6 Å². The number of amides is 1. The second-order valence-corrected chi connectivity index (χ2v) is 6.92. The van der Waals surface area contributed by atoms with E-state index in [4.69, 9.17) is 0 Å². The first-order valence-electron chi connectivity index (χ1n) is 7.78. The highest BCUT2D eigenvalue weighted by molar-refractivity contribution is 7.15. The summed E-state index contributed by atoms with van der Waals surface area (Å²) in [6, 6.07) is 0. The van der Waals surface area contributed by atoms with E-state index in [0.29, 0.717) is 11.0 Å². The van der Waals surface area contributed by atoms with Crippen molar-refractivity contribution in [2.24, 2.45) is 5.92 Å². The molecule has 1 aliphatic rings. The van der Waals surface area contributed by atoms with Gasteiger partial charge in [-0.15, -0.1) is 10.2 Å². The first-order chi connectivity index (χ1) is 11.1. The Kier molecular flexibility index (Phi) is 4.80. The van der Waals surface area contributed by atoms with Crippen molar-refractivity contribution in [3.05, 3.63) is 23.6 Å². The lowest BCUT2D eigenvalue weighted by Gasteiger charge is -2.31. The van der Waals surface area contributed by atoms with Crippen molar-refractivity contribution in [3.63, 3.8) is 0 Å². The molecule has 0 unspecified atom stereocenters. The fraction of sp³-hybridized carbons (Fsp3) is 0.533. The van der Waals surface area contributed by atoms with Crippen LogP contribution in [0.4, 0.5) is 10.9 Å². The fourth-order valence-electron chi connectivity index (χ4n) is 2.55. The minimum atomic E-state index is 0.00863. The number of piperidine rings is 1. The van der Waals surface area contributed by atoms with Gasteiger partial charge in [-0.25, -0.2) is 4.98 Å². The van der Waals surface area contributed by atoms with Gasteiger partial charge in [0.05, 0.1) is 6.20 Å². The van der Waals surface area contributed by atoms with Gasteiger partial charge in [0.2, 0.25) is 11.0 Å². The minimum absolute atomic E-state index is 0.00863. The molecule has 23 heavy (non-hydrogen) atoms. The number of hydrogen-bond acceptors (Lipinski definition) is 7. The molecule has 3 rings (SSSR count). The molecule has 0 aliphatic carbocycles. The molecule has 7 nitrogen and oxygen atoms in total. The van der Waals surface area contributed by atoms with E-state index < -0.39 is 0 Å². The number of aromatic nitrogens is 4. The van der Waals surface area contributed by atoms with Gasteiger partial charge in [-0.2, -0.15) is 0 Å². The highest BCUT2D eigenvalue weighted by Crippen LogP contribution is 2.25. The van der Waals surface area contributed by atoms with Crippen LogP contribution >= 0.6 is 11.3 Å². The van der Waals surface area contributed by atoms with E-state index >= 15 is 0 Å². The molecule has 1 aliphatic heterocycles. The molecule has 1 saturated heterocycles. The van der Waals surface area contributed by atoms with Gasteiger partial charge in [-0.05, 0) is 12.8 Å². The third kappa shape index (κ3) is 3.82. The molecule has 0 bridgehead atoms. The topological polar surface area (TPSA) is 83.9 Å². The van der Waals surface area contributed by atoms with Crippen LogP contribution in [0.2, 0.25) is 0 Å². The maximum absolute atomic E-state index is 12.4. The van der Waals surface area contributed by atoms with Crippen molar-refractivity contribution in [2.75, 3.05) is 23.3 Å². The van der Waals surface area contributed by atoms with Gasteiger partial charge in [0.25, 0.3) is 0 Å². The Morgan fingerprint density at radius 3 is 2.70 bits per heavy atom. The zero-order valence-corrected chi connectivity index (χ0v) is 14.1. The van der Waals surface area contributed by atoms with E-state index in [9.17, 15) is 4.79 Å². The number of anilines is 2. The maximum atomic E-state index is 12.4. The third-order valence-corrected chi connectivity index (χ3v) is 5.04. The van der Waals surface area contributed by atoms with E-state index in [1.165, 1.54) is 11.3 Å². The number of nitrogens with zero attached hydrogens (tertiary/aromatic N) is 5. The van der Waals surface area contributed by atoms with Crippen molar-refractivity contribution in [1.82, 2.24) is 20.2 Å². The highest BCUT2D eigenvalue weighted by Gasteiger charge is 2.26. The molecular formula is C15H20N6OS. The van der Waals surface area contributed by atoms with Crippen LogP contribution in [0.15, 0.2) is 18.6 Å². The summed E-state index contributed by atoms with van der Waals surface area (Å²) < 4.78 is 0. The summed E-state index contributed by atoms with van der Waals surface area (Å²) in [5.41, 5.74) is 0. The third-order valence-electron chi connectivity index (χ3n) is 3.90.